The van der Waals surface area contributed by atoms with E-state index in [2.05, 4.69) is 36.4 Å². The molecule has 104 valence electrons. The number of hydrogen-bond acceptors (Lipinski definition) is 2. The average molecular weight is 269 g/mol. The highest BCUT2D eigenvalue weighted by atomic mass is 16.2. The minimum absolute atomic E-state index is 0.0970. The lowest BCUT2D eigenvalue weighted by molar-refractivity contribution is -0.117. The van der Waals surface area contributed by atoms with Crippen molar-refractivity contribution in [3.05, 3.63) is 48.3 Å². The molecule has 0 bridgehead atoms. The first kappa shape index (κ1) is 12.9. The maximum absolute atomic E-state index is 12.2. The third-order valence-corrected chi connectivity index (χ3v) is 3.75. The summed E-state index contributed by atoms with van der Waals surface area (Å²) in [5.74, 6) is 0.568. The Morgan fingerprint density at radius 2 is 2.10 bits per heavy atom. The van der Waals surface area contributed by atoms with E-state index in [1.165, 1.54) is 5.56 Å². The van der Waals surface area contributed by atoms with Gasteiger partial charge < -0.3 is 5.32 Å². The molecule has 1 aliphatic rings. The van der Waals surface area contributed by atoms with Crippen LogP contribution in [0.5, 0.6) is 0 Å². The smallest absolute Gasteiger partial charge is 0.228 e. The van der Waals surface area contributed by atoms with Crippen molar-refractivity contribution in [1.29, 1.82) is 0 Å². The highest BCUT2D eigenvalue weighted by Gasteiger charge is 2.43. The Kier molecular flexibility index (Phi) is 3.30. The first-order valence-electron chi connectivity index (χ1n) is 7.05. The summed E-state index contributed by atoms with van der Waals surface area (Å²) in [4.78, 5) is 12.2. The minimum Gasteiger partial charge on any atom is -0.323 e. The van der Waals surface area contributed by atoms with E-state index >= 15 is 0 Å². The van der Waals surface area contributed by atoms with Gasteiger partial charge in [0, 0.05) is 18.2 Å². The summed E-state index contributed by atoms with van der Waals surface area (Å²) in [7, 11) is 0. The molecule has 2 aromatic rings. The van der Waals surface area contributed by atoms with Gasteiger partial charge in [-0.1, -0.05) is 30.3 Å². The molecule has 1 saturated carbocycles. The molecule has 1 N–H and O–H groups in total. The van der Waals surface area contributed by atoms with Crippen LogP contribution in [0.1, 0.15) is 37.8 Å². The molecule has 2 atom stereocenters. The molecular formula is C16H19N3O. The molecule has 3 rings (SSSR count). The van der Waals surface area contributed by atoms with Crippen molar-refractivity contribution >= 4 is 11.6 Å². The maximum Gasteiger partial charge on any atom is 0.228 e. The molecule has 0 radical (unpaired) electrons. The summed E-state index contributed by atoms with van der Waals surface area (Å²) >= 11 is 0. The largest absolute Gasteiger partial charge is 0.323 e. The number of anilines is 1. The molecule has 1 heterocycles. The van der Waals surface area contributed by atoms with E-state index in [9.17, 15) is 4.79 Å². The Hall–Kier alpha value is -2.10. The molecular weight excluding hydrogens is 250 g/mol. The van der Waals surface area contributed by atoms with Crippen LogP contribution < -0.4 is 5.32 Å². The number of nitrogens with one attached hydrogen (secondary N) is 1. The number of nitrogens with zero attached hydrogens (tertiary/aromatic N) is 2. The van der Waals surface area contributed by atoms with Gasteiger partial charge in [0.15, 0.2) is 0 Å². The lowest BCUT2D eigenvalue weighted by Crippen LogP contribution is -2.14. The second-order valence-electron chi connectivity index (χ2n) is 5.65. The zero-order chi connectivity index (χ0) is 14.1. The molecule has 4 heteroatoms. The second kappa shape index (κ2) is 5.12. The van der Waals surface area contributed by atoms with Gasteiger partial charge in [0.05, 0.1) is 11.9 Å². The van der Waals surface area contributed by atoms with Crippen molar-refractivity contribution in [3.63, 3.8) is 0 Å². The van der Waals surface area contributed by atoms with Gasteiger partial charge >= 0.3 is 0 Å². The van der Waals surface area contributed by atoms with Crippen LogP contribution in [0.25, 0.3) is 0 Å². The Morgan fingerprint density at radius 1 is 1.35 bits per heavy atom. The number of carbonyl (C=O) groups excluding carboxylic acids is 1. The molecule has 0 saturated heterocycles. The van der Waals surface area contributed by atoms with Gasteiger partial charge in [-0.2, -0.15) is 5.10 Å². The van der Waals surface area contributed by atoms with Crippen molar-refractivity contribution in [3.8, 4) is 0 Å². The number of aromatic nitrogens is 2. The lowest BCUT2D eigenvalue weighted by Gasteiger charge is -2.04. The quantitative estimate of drug-likeness (QED) is 0.926. The van der Waals surface area contributed by atoms with Crippen LogP contribution in [0.15, 0.2) is 42.7 Å². The predicted octanol–water partition coefficient (Wildman–Crippen LogP) is 3.21. The van der Waals surface area contributed by atoms with Gasteiger partial charge in [0.2, 0.25) is 5.91 Å². The summed E-state index contributed by atoms with van der Waals surface area (Å²) in [5, 5.41) is 7.18. The Balaban J connectivity index is 1.61. The fourth-order valence-electron chi connectivity index (χ4n) is 2.47. The van der Waals surface area contributed by atoms with Crippen molar-refractivity contribution in [1.82, 2.24) is 9.78 Å². The number of hydrogen-bond donors (Lipinski definition) is 1. The standard InChI is InChI=1S/C16H19N3O/c1-11(2)19-10-13(9-17-19)18-16(20)15-8-14(15)12-6-4-3-5-7-12/h3-7,9-11,14-15H,8H2,1-2H3,(H,18,20)/t14-,15-/m1/s1. The molecule has 1 amide bonds. The van der Waals surface area contributed by atoms with E-state index in [1.807, 2.05) is 29.1 Å². The van der Waals surface area contributed by atoms with Crippen LogP contribution in [0, 0.1) is 5.92 Å². The van der Waals surface area contributed by atoms with Gasteiger partial charge in [-0.15, -0.1) is 0 Å². The monoisotopic (exact) mass is 269 g/mol. The summed E-state index contributed by atoms with van der Waals surface area (Å²) in [6.07, 6.45) is 4.52. The minimum atomic E-state index is 0.0970. The zero-order valence-electron chi connectivity index (χ0n) is 11.8. The molecule has 1 aliphatic carbocycles. The van der Waals surface area contributed by atoms with Gasteiger partial charge in [0.25, 0.3) is 0 Å². The summed E-state index contributed by atoms with van der Waals surface area (Å²) in [6.45, 7) is 4.12. The number of carbonyl (C=O) groups is 1. The number of rotatable bonds is 4. The summed E-state index contributed by atoms with van der Waals surface area (Å²) in [5.41, 5.74) is 2.04. The number of amides is 1. The zero-order valence-corrected chi connectivity index (χ0v) is 11.8. The topological polar surface area (TPSA) is 46.9 Å². The Labute approximate surface area is 118 Å². The molecule has 4 nitrogen and oxygen atoms in total. The van der Waals surface area contributed by atoms with Crippen LogP contribution >= 0.6 is 0 Å². The molecule has 1 fully saturated rings. The van der Waals surface area contributed by atoms with Crippen LogP contribution in [0.2, 0.25) is 0 Å². The first-order chi connectivity index (χ1) is 9.65. The van der Waals surface area contributed by atoms with Crippen LogP contribution in [-0.4, -0.2) is 15.7 Å². The van der Waals surface area contributed by atoms with E-state index in [1.54, 1.807) is 6.20 Å². The molecule has 0 unspecified atom stereocenters. The van der Waals surface area contributed by atoms with Gasteiger partial charge in [-0.3, -0.25) is 9.48 Å². The summed E-state index contributed by atoms with van der Waals surface area (Å²) < 4.78 is 1.84. The maximum atomic E-state index is 12.2. The molecule has 0 aliphatic heterocycles. The average Bonchev–Trinajstić information content (AvgIpc) is 3.12. The van der Waals surface area contributed by atoms with Crippen LogP contribution in [0.3, 0.4) is 0 Å². The SMILES string of the molecule is CC(C)n1cc(NC(=O)[C@@H]2C[C@@H]2c2ccccc2)cn1. The first-order valence-corrected chi connectivity index (χ1v) is 7.05. The van der Waals surface area contributed by atoms with Crippen LogP contribution in [-0.2, 0) is 4.79 Å². The molecule has 0 spiro atoms. The van der Waals surface area contributed by atoms with Gasteiger partial charge in [0.1, 0.15) is 0 Å². The normalized spacial score (nSPS) is 20.9. The van der Waals surface area contributed by atoms with E-state index in [4.69, 9.17) is 0 Å². The summed E-state index contributed by atoms with van der Waals surface area (Å²) in [6, 6.07) is 10.5. The van der Waals surface area contributed by atoms with E-state index in [-0.39, 0.29) is 11.8 Å². The highest BCUT2D eigenvalue weighted by Crippen LogP contribution is 2.47. The van der Waals surface area contributed by atoms with E-state index < -0.39 is 0 Å². The van der Waals surface area contributed by atoms with E-state index in [0.717, 1.165) is 12.1 Å². The fraction of sp³-hybridized carbons (Fsp3) is 0.375. The van der Waals surface area contributed by atoms with E-state index in [0.29, 0.717) is 12.0 Å². The molecule has 1 aromatic carbocycles. The fourth-order valence-corrected chi connectivity index (χ4v) is 2.47. The van der Waals surface area contributed by atoms with Gasteiger partial charge in [-0.05, 0) is 31.7 Å². The van der Waals surface area contributed by atoms with Crippen molar-refractivity contribution in [2.45, 2.75) is 32.2 Å². The Bertz CT molecular complexity index is 603. The Morgan fingerprint density at radius 3 is 2.75 bits per heavy atom. The van der Waals surface area contributed by atoms with Crippen molar-refractivity contribution < 1.29 is 4.79 Å². The molecule has 20 heavy (non-hydrogen) atoms. The van der Waals surface area contributed by atoms with Crippen LogP contribution in [0.4, 0.5) is 5.69 Å². The lowest BCUT2D eigenvalue weighted by atomic mass is 10.1. The number of benzene rings is 1. The molecule has 1 aromatic heterocycles. The highest BCUT2D eigenvalue weighted by molar-refractivity contribution is 5.95. The van der Waals surface area contributed by atoms with Crippen molar-refractivity contribution in [2.75, 3.05) is 5.32 Å². The third kappa shape index (κ3) is 2.59. The predicted molar refractivity (Wildman–Crippen MR) is 78.5 cm³/mol. The third-order valence-electron chi connectivity index (χ3n) is 3.75. The second-order valence-corrected chi connectivity index (χ2v) is 5.65. The van der Waals surface area contributed by atoms with Crippen molar-refractivity contribution in [2.24, 2.45) is 5.92 Å². The van der Waals surface area contributed by atoms with Gasteiger partial charge in [-0.25, -0.2) is 0 Å².